The molecule has 0 aliphatic rings. The molecule has 0 unspecified atom stereocenters. The smallest absolute Gasteiger partial charge is 0.242 e. The van der Waals surface area contributed by atoms with Crippen molar-refractivity contribution in [1.82, 2.24) is 4.90 Å². The third-order valence-corrected chi connectivity index (χ3v) is 3.40. The van der Waals surface area contributed by atoms with Gasteiger partial charge in [0, 0.05) is 26.2 Å². The second kappa shape index (κ2) is 8.39. The van der Waals surface area contributed by atoms with E-state index in [0.29, 0.717) is 6.54 Å². The molecule has 118 valence electrons. The van der Waals surface area contributed by atoms with E-state index in [9.17, 15) is 4.79 Å². The zero-order valence-corrected chi connectivity index (χ0v) is 13.7. The first-order chi connectivity index (χ1) is 10.1. The Morgan fingerprint density at radius 1 is 1.19 bits per heavy atom. The van der Waals surface area contributed by atoms with E-state index in [1.54, 1.807) is 14.2 Å². The molecule has 0 bridgehead atoms. The molecule has 0 N–H and O–H groups in total. The van der Waals surface area contributed by atoms with Crippen molar-refractivity contribution < 1.29 is 14.3 Å². The molecule has 21 heavy (non-hydrogen) atoms. The topological polar surface area (TPSA) is 42.0 Å². The predicted octanol–water partition coefficient (Wildman–Crippen LogP) is 2.40. The molecular formula is C16H26N2O3. The number of likely N-dealkylation sites (N-methyl/N-ethyl adjacent to an activating group) is 2. The molecule has 1 rings (SSSR count). The van der Waals surface area contributed by atoms with Gasteiger partial charge in [-0.1, -0.05) is 6.92 Å². The lowest BCUT2D eigenvalue weighted by Gasteiger charge is -2.26. The van der Waals surface area contributed by atoms with Gasteiger partial charge in [-0.15, -0.1) is 0 Å². The fourth-order valence-corrected chi connectivity index (χ4v) is 2.21. The average molecular weight is 294 g/mol. The van der Waals surface area contributed by atoms with Crippen LogP contribution in [0.1, 0.15) is 20.3 Å². The lowest BCUT2D eigenvalue weighted by Crippen LogP contribution is -2.39. The third kappa shape index (κ3) is 4.55. The van der Waals surface area contributed by atoms with Gasteiger partial charge >= 0.3 is 0 Å². The Labute approximate surface area is 127 Å². The summed E-state index contributed by atoms with van der Waals surface area (Å²) in [6.45, 7) is 5.91. The molecule has 0 radical (unpaired) electrons. The number of hydrogen-bond acceptors (Lipinski definition) is 4. The minimum atomic E-state index is 0.117. The molecule has 5 heteroatoms. The molecule has 0 spiro atoms. The molecule has 1 aromatic rings. The first kappa shape index (κ1) is 17.1. The van der Waals surface area contributed by atoms with Gasteiger partial charge in [0.2, 0.25) is 5.91 Å². The van der Waals surface area contributed by atoms with Gasteiger partial charge in [-0.25, -0.2) is 0 Å². The maximum absolute atomic E-state index is 12.3. The maximum Gasteiger partial charge on any atom is 0.242 e. The van der Waals surface area contributed by atoms with Crippen LogP contribution < -0.4 is 14.4 Å². The molecular weight excluding hydrogens is 268 g/mol. The van der Waals surface area contributed by atoms with E-state index in [1.807, 2.05) is 42.0 Å². The summed E-state index contributed by atoms with van der Waals surface area (Å²) in [6, 6.07) is 5.56. The minimum absolute atomic E-state index is 0.117. The third-order valence-electron chi connectivity index (χ3n) is 3.40. The summed E-state index contributed by atoms with van der Waals surface area (Å²) in [7, 11) is 5.13. The molecule has 1 aromatic carbocycles. The highest BCUT2D eigenvalue weighted by atomic mass is 16.5. The Morgan fingerprint density at radius 2 is 1.90 bits per heavy atom. The number of benzene rings is 1. The largest absolute Gasteiger partial charge is 0.497 e. The van der Waals surface area contributed by atoms with Crippen LogP contribution in [0, 0.1) is 0 Å². The normalized spacial score (nSPS) is 10.1. The van der Waals surface area contributed by atoms with Crippen LogP contribution >= 0.6 is 0 Å². The number of carbonyl (C=O) groups excluding carboxylic acids is 1. The van der Waals surface area contributed by atoms with Crippen molar-refractivity contribution >= 4 is 11.6 Å². The van der Waals surface area contributed by atoms with E-state index in [4.69, 9.17) is 9.47 Å². The van der Waals surface area contributed by atoms with Crippen molar-refractivity contribution in [3.63, 3.8) is 0 Å². The van der Waals surface area contributed by atoms with E-state index in [0.717, 1.165) is 36.7 Å². The Bertz CT molecular complexity index is 463. The molecule has 0 aliphatic heterocycles. The summed E-state index contributed by atoms with van der Waals surface area (Å²) in [4.78, 5) is 16.1. The fraction of sp³-hybridized carbons (Fsp3) is 0.562. The molecule has 0 aliphatic carbocycles. The van der Waals surface area contributed by atoms with Crippen LogP contribution in [0.5, 0.6) is 11.5 Å². The van der Waals surface area contributed by atoms with Crippen LogP contribution in [0.15, 0.2) is 18.2 Å². The van der Waals surface area contributed by atoms with Crippen molar-refractivity contribution in [2.75, 3.05) is 45.8 Å². The van der Waals surface area contributed by atoms with E-state index in [1.165, 1.54) is 0 Å². The Balaban J connectivity index is 2.87. The minimum Gasteiger partial charge on any atom is -0.497 e. The lowest BCUT2D eigenvalue weighted by molar-refractivity contribution is -0.129. The highest BCUT2D eigenvalue weighted by Crippen LogP contribution is 2.31. The summed E-state index contributed by atoms with van der Waals surface area (Å²) >= 11 is 0. The maximum atomic E-state index is 12.3. The van der Waals surface area contributed by atoms with Crippen molar-refractivity contribution in [2.24, 2.45) is 0 Å². The SMILES string of the molecule is CCCN(CC)C(=O)CN(C)c1cc(OC)ccc1OC. The number of nitrogens with zero attached hydrogens (tertiary/aromatic N) is 2. The number of rotatable bonds is 8. The van der Waals surface area contributed by atoms with Gasteiger partial charge in [-0.05, 0) is 25.5 Å². The van der Waals surface area contributed by atoms with E-state index in [2.05, 4.69) is 6.92 Å². The van der Waals surface area contributed by atoms with Crippen LogP contribution in [-0.4, -0.2) is 51.7 Å². The highest BCUT2D eigenvalue weighted by molar-refractivity contribution is 5.82. The Morgan fingerprint density at radius 3 is 2.43 bits per heavy atom. The number of hydrogen-bond donors (Lipinski definition) is 0. The fourth-order valence-electron chi connectivity index (χ4n) is 2.21. The van der Waals surface area contributed by atoms with Crippen LogP contribution in [0.2, 0.25) is 0 Å². The van der Waals surface area contributed by atoms with Crippen LogP contribution in [0.3, 0.4) is 0 Å². The zero-order valence-electron chi connectivity index (χ0n) is 13.7. The molecule has 1 amide bonds. The number of amides is 1. The molecule has 0 saturated carbocycles. The van der Waals surface area contributed by atoms with Gasteiger partial charge in [0.1, 0.15) is 11.5 Å². The summed E-state index contributed by atoms with van der Waals surface area (Å²) in [5.74, 6) is 1.59. The van der Waals surface area contributed by atoms with Gasteiger partial charge in [0.25, 0.3) is 0 Å². The van der Waals surface area contributed by atoms with Crippen molar-refractivity contribution in [3.05, 3.63) is 18.2 Å². The average Bonchev–Trinajstić information content (AvgIpc) is 2.51. The van der Waals surface area contributed by atoms with Crippen molar-refractivity contribution in [1.29, 1.82) is 0 Å². The second-order valence-corrected chi connectivity index (χ2v) is 4.87. The Hall–Kier alpha value is -1.91. The number of methoxy groups -OCH3 is 2. The van der Waals surface area contributed by atoms with Gasteiger partial charge in [0.15, 0.2) is 0 Å². The standard InChI is InChI=1S/C16H26N2O3/c1-6-10-18(7-2)16(19)12-17(3)14-11-13(20-4)8-9-15(14)21-5/h8-9,11H,6-7,10,12H2,1-5H3. The second-order valence-electron chi connectivity index (χ2n) is 4.87. The lowest BCUT2D eigenvalue weighted by atomic mass is 10.2. The first-order valence-electron chi connectivity index (χ1n) is 7.28. The Kier molecular flexibility index (Phi) is 6.85. The van der Waals surface area contributed by atoms with Crippen molar-refractivity contribution in [2.45, 2.75) is 20.3 Å². The summed E-state index contributed by atoms with van der Waals surface area (Å²) in [5, 5.41) is 0. The van der Waals surface area contributed by atoms with Crippen molar-refractivity contribution in [3.8, 4) is 11.5 Å². The summed E-state index contributed by atoms with van der Waals surface area (Å²) in [6.07, 6.45) is 0.964. The number of ether oxygens (including phenoxy) is 2. The van der Waals surface area contributed by atoms with Crippen LogP contribution in [-0.2, 0) is 4.79 Å². The monoisotopic (exact) mass is 294 g/mol. The van der Waals surface area contributed by atoms with E-state index >= 15 is 0 Å². The molecule has 0 fully saturated rings. The van der Waals surface area contributed by atoms with Gasteiger partial charge < -0.3 is 19.3 Å². The molecule has 0 atom stereocenters. The van der Waals surface area contributed by atoms with Gasteiger partial charge in [-0.3, -0.25) is 4.79 Å². The molecule has 5 nitrogen and oxygen atoms in total. The zero-order chi connectivity index (χ0) is 15.8. The quantitative estimate of drug-likeness (QED) is 0.738. The summed E-state index contributed by atoms with van der Waals surface area (Å²) < 4.78 is 10.6. The van der Waals surface area contributed by atoms with Crippen LogP contribution in [0.4, 0.5) is 5.69 Å². The highest BCUT2D eigenvalue weighted by Gasteiger charge is 2.16. The van der Waals surface area contributed by atoms with Gasteiger partial charge in [-0.2, -0.15) is 0 Å². The molecule has 0 aromatic heterocycles. The van der Waals surface area contributed by atoms with E-state index < -0.39 is 0 Å². The summed E-state index contributed by atoms with van der Waals surface area (Å²) in [5.41, 5.74) is 0.845. The van der Waals surface area contributed by atoms with Gasteiger partial charge in [0.05, 0.1) is 26.5 Å². The first-order valence-corrected chi connectivity index (χ1v) is 7.28. The molecule has 0 saturated heterocycles. The predicted molar refractivity (Wildman–Crippen MR) is 85.4 cm³/mol. The number of anilines is 1. The van der Waals surface area contributed by atoms with Crippen LogP contribution in [0.25, 0.3) is 0 Å². The number of carbonyl (C=O) groups is 1. The molecule has 0 heterocycles. The van der Waals surface area contributed by atoms with E-state index in [-0.39, 0.29) is 5.91 Å².